The maximum absolute atomic E-state index is 14.1. The molecule has 2 aliphatic rings. The number of hydrogen-bond acceptors (Lipinski definition) is 4. The van der Waals surface area contributed by atoms with Gasteiger partial charge in [-0.05, 0) is 37.5 Å². The molecule has 1 saturated heterocycles. The highest BCUT2D eigenvalue weighted by Crippen LogP contribution is 2.42. The minimum atomic E-state index is -0.515. The summed E-state index contributed by atoms with van der Waals surface area (Å²) < 4.78 is 27.6. The summed E-state index contributed by atoms with van der Waals surface area (Å²) in [5.41, 5.74) is 0.327. The SMILES string of the molecule is OC1CC(c2cc(F)ccc2F)N(Cc2cnc(C3CC3)s2)C1. The van der Waals surface area contributed by atoms with Gasteiger partial charge in [0.1, 0.15) is 11.6 Å². The van der Waals surface area contributed by atoms with Gasteiger partial charge in [0.2, 0.25) is 0 Å². The monoisotopic (exact) mass is 336 g/mol. The quantitative estimate of drug-likeness (QED) is 0.927. The first-order chi connectivity index (χ1) is 11.1. The number of aromatic nitrogens is 1. The van der Waals surface area contributed by atoms with Crippen molar-refractivity contribution in [2.75, 3.05) is 6.54 Å². The second-order valence-corrected chi connectivity index (χ2v) is 7.59. The summed E-state index contributed by atoms with van der Waals surface area (Å²) in [6, 6.07) is 3.23. The van der Waals surface area contributed by atoms with Gasteiger partial charge in [-0.25, -0.2) is 13.8 Å². The van der Waals surface area contributed by atoms with Crippen molar-refractivity contribution in [3.63, 3.8) is 0 Å². The molecule has 0 spiro atoms. The minimum Gasteiger partial charge on any atom is -0.392 e. The standard InChI is InChI=1S/C17H18F2N2OS/c18-11-3-4-15(19)14(5-11)16-6-12(22)8-21(16)9-13-7-20-17(23-13)10-1-2-10/h3-5,7,10,12,16,22H,1-2,6,8-9H2. The van der Waals surface area contributed by atoms with Crippen molar-refractivity contribution in [2.24, 2.45) is 0 Å². The zero-order valence-corrected chi connectivity index (χ0v) is 13.4. The lowest BCUT2D eigenvalue weighted by molar-refractivity contribution is 0.173. The number of aliphatic hydroxyl groups is 1. The van der Waals surface area contributed by atoms with Gasteiger partial charge in [0, 0.05) is 41.7 Å². The number of likely N-dealkylation sites (tertiary alicyclic amines) is 1. The van der Waals surface area contributed by atoms with E-state index in [9.17, 15) is 13.9 Å². The predicted molar refractivity (Wildman–Crippen MR) is 84.2 cm³/mol. The molecular weight excluding hydrogens is 318 g/mol. The molecule has 2 fully saturated rings. The Hall–Kier alpha value is -1.37. The largest absolute Gasteiger partial charge is 0.392 e. The van der Waals surface area contributed by atoms with Crippen LogP contribution >= 0.6 is 11.3 Å². The summed E-state index contributed by atoms with van der Waals surface area (Å²) in [6.45, 7) is 1.08. The molecule has 2 aromatic rings. The van der Waals surface area contributed by atoms with Crippen LogP contribution in [0.3, 0.4) is 0 Å². The Bertz CT molecular complexity index is 716. The second kappa shape index (κ2) is 5.92. The lowest BCUT2D eigenvalue weighted by atomic mass is 10.0. The van der Waals surface area contributed by atoms with Crippen molar-refractivity contribution in [3.05, 3.63) is 51.5 Å². The number of rotatable bonds is 4. The fraction of sp³-hybridized carbons (Fsp3) is 0.471. The van der Waals surface area contributed by atoms with Gasteiger partial charge >= 0.3 is 0 Å². The van der Waals surface area contributed by atoms with E-state index in [1.165, 1.54) is 23.9 Å². The molecule has 1 aromatic heterocycles. The second-order valence-electron chi connectivity index (χ2n) is 6.44. The highest BCUT2D eigenvalue weighted by molar-refractivity contribution is 7.11. The maximum atomic E-state index is 14.1. The van der Waals surface area contributed by atoms with E-state index in [1.54, 1.807) is 11.3 Å². The highest BCUT2D eigenvalue weighted by Gasteiger charge is 2.34. The van der Waals surface area contributed by atoms with Crippen LogP contribution in [0.2, 0.25) is 0 Å². The average molecular weight is 336 g/mol. The fourth-order valence-electron chi connectivity index (χ4n) is 3.26. The summed E-state index contributed by atoms with van der Waals surface area (Å²) in [7, 11) is 0. The predicted octanol–water partition coefficient (Wildman–Crippen LogP) is 3.61. The molecule has 6 heteroatoms. The summed E-state index contributed by atoms with van der Waals surface area (Å²) in [6.07, 6.45) is 4.22. The number of hydrogen-bond donors (Lipinski definition) is 1. The Labute approximate surface area is 137 Å². The number of β-amino-alcohol motifs (C(OH)–C–C–N with tert-alkyl or cyclic N) is 1. The summed E-state index contributed by atoms with van der Waals surface area (Å²) in [5.74, 6) is -0.246. The number of thiazole rings is 1. The fourth-order valence-corrected chi connectivity index (χ4v) is 4.37. The zero-order valence-electron chi connectivity index (χ0n) is 12.6. The van der Waals surface area contributed by atoms with Crippen molar-refractivity contribution in [1.29, 1.82) is 0 Å². The first kappa shape index (κ1) is 15.2. The van der Waals surface area contributed by atoms with Crippen molar-refractivity contribution in [2.45, 2.75) is 43.9 Å². The molecule has 23 heavy (non-hydrogen) atoms. The summed E-state index contributed by atoms with van der Waals surface area (Å²) in [4.78, 5) is 7.60. The van der Waals surface area contributed by atoms with Crippen LogP contribution in [0, 0.1) is 11.6 Å². The van der Waals surface area contributed by atoms with E-state index in [1.807, 2.05) is 11.1 Å². The Morgan fingerprint density at radius 1 is 1.30 bits per heavy atom. The van der Waals surface area contributed by atoms with E-state index in [0.717, 1.165) is 17.0 Å². The number of halogens is 2. The molecule has 1 aromatic carbocycles. The normalized spacial score (nSPS) is 25.2. The molecule has 1 aliphatic heterocycles. The molecule has 4 rings (SSSR count). The zero-order chi connectivity index (χ0) is 16.0. The van der Waals surface area contributed by atoms with Gasteiger partial charge in [-0.1, -0.05) is 0 Å². The smallest absolute Gasteiger partial charge is 0.128 e. The van der Waals surface area contributed by atoms with Gasteiger partial charge in [0.15, 0.2) is 0 Å². The number of nitrogens with zero attached hydrogens (tertiary/aromatic N) is 2. The van der Waals surface area contributed by atoms with Crippen LogP contribution in [0.1, 0.15) is 46.7 Å². The molecular formula is C17H18F2N2OS. The van der Waals surface area contributed by atoms with Gasteiger partial charge in [-0.15, -0.1) is 11.3 Å². The molecule has 0 bridgehead atoms. The Morgan fingerprint density at radius 2 is 2.13 bits per heavy atom. The van der Waals surface area contributed by atoms with E-state index < -0.39 is 17.7 Å². The van der Waals surface area contributed by atoms with Crippen LogP contribution in [0.15, 0.2) is 24.4 Å². The van der Waals surface area contributed by atoms with Crippen molar-refractivity contribution in [1.82, 2.24) is 9.88 Å². The third-order valence-electron chi connectivity index (χ3n) is 4.56. The molecule has 1 aliphatic carbocycles. The highest BCUT2D eigenvalue weighted by atomic mass is 32.1. The van der Waals surface area contributed by atoms with E-state index in [-0.39, 0.29) is 6.04 Å². The van der Waals surface area contributed by atoms with Crippen LogP contribution in [-0.2, 0) is 6.54 Å². The molecule has 2 heterocycles. The van der Waals surface area contributed by atoms with E-state index in [2.05, 4.69) is 4.98 Å². The van der Waals surface area contributed by atoms with Crippen LogP contribution in [0.25, 0.3) is 0 Å². The van der Waals surface area contributed by atoms with Crippen molar-refractivity contribution >= 4 is 11.3 Å². The first-order valence-corrected chi connectivity index (χ1v) is 8.73. The Kier molecular flexibility index (Phi) is 3.91. The third-order valence-corrected chi connectivity index (χ3v) is 5.70. The van der Waals surface area contributed by atoms with Crippen LogP contribution in [0.4, 0.5) is 8.78 Å². The van der Waals surface area contributed by atoms with Gasteiger partial charge in [-0.2, -0.15) is 0 Å². The van der Waals surface area contributed by atoms with Crippen LogP contribution in [-0.4, -0.2) is 27.6 Å². The van der Waals surface area contributed by atoms with E-state index in [4.69, 9.17) is 0 Å². The van der Waals surface area contributed by atoms with Gasteiger partial charge in [0.05, 0.1) is 11.1 Å². The molecule has 2 unspecified atom stereocenters. The van der Waals surface area contributed by atoms with Crippen molar-refractivity contribution < 1.29 is 13.9 Å². The van der Waals surface area contributed by atoms with Crippen LogP contribution < -0.4 is 0 Å². The molecule has 1 N–H and O–H groups in total. The van der Waals surface area contributed by atoms with E-state index >= 15 is 0 Å². The first-order valence-electron chi connectivity index (χ1n) is 7.92. The molecule has 0 amide bonds. The molecule has 1 saturated carbocycles. The average Bonchev–Trinajstić information content (AvgIpc) is 3.16. The third kappa shape index (κ3) is 3.16. The Morgan fingerprint density at radius 3 is 2.91 bits per heavy atom. The lowest BCUT2D eigenvalue weighted by Crippen LogP contribution is -2.24. The topological polar surface area (TPSA) is 36.4 Å². The number of aliphatic hydroxyl groups excluding tert-OH is 1. The van der Waals surface area contributed by atoms with Crippen molar-refractivity contribution in [3.8, 4) is 0 Å². The summed E-state index contributed by atoms with van der Waals surface area (Å²) in [5, 5.41) is 11.2. The molecule has 3 nitrogen and oxygen atoms in total. The molecule has 2 atom stereocenters. The van der Waals surface area contributed by atoms with Gasteiger partial charge in [-0.3, -0.25) is 4.90 Å². The Balaban J connectivity index is 1.56. The van der Waals surface area contributed by atoms with Gasteiger partial charge < -0.3 is 5.11 Å². The lowest BCUT2D eigenvalue weighted by Gasteiger charge is -2.24. The molecule has 122 valence electrons. The summed E-state index contributed by atoms with van der Waals surface area (Å²) >= 11 is 1.69. The molecule has 0 radical (unpaired) electrons. The maximum Gasteiger partial charge on any atom is 0.128 e. The van der Waals surface area contributed by atoms with E-state index in [0.29, 0.717) is 31.0 Å². The number of benzene rings is 1. The minimum absolute atomic E-state index is 0.299. The van der Waals surface area contributed by atoms with Gasteiger partial charge in [0.25, 0.3) is 0 Å². The van der Waals surface area contributed by atoms with Crippen LogP contribution in [0.5, 0.6) is 0 Å².